The number of halogens is 2. The van der Waals surface area contributed by atoms with Gasteiger partial charge in [-0.1, -0.05) is 40.2 Å². The molecule has 2 N–H and O–H groups in total. The van der Waals surface area contributed by atoms with Crippen molar-refractivity contribution >= 4 is 26.7 Å². The zero-order valence-corrected chi connectivity index (χ0v) is 12.1. The van der Waals surface area contributed by atoms with Gasteiger partial charge in [-0.3, -0.25) is 4.98 Å². The first-order valence-electron chi connectivity index (χ1n) is 6.20. The fraction of sp³-hybridized carbons (Fsp3) is 0.0625. The van der Waals surface area contributed by atoms with Gasteiger partial charge in [-0.15, -0.1) is 0 Å². The van der Waals surface area contributed by atoms with Crippen molar-refractivity contribution in [3.63, 3.8) is 0 Å². The van der Waals surface area contributed by atoms with Gasteiger partial charge in [0.25, 0.3) is 0 Å². The largest absolute Gasteiger partial charge is 0.320 e. The van der Waals surface area contributed by atoms with E-state index in [1.54, 1.807) is 12.3 Å². The Bertz CT molecular complexity index is 768. The van der Waals surface area contributed by atoms with E-state index in [0.717, 1.165) is 21.9 Å². The number of pyridine rings is 1. The first-order chi connectivity index (χ1) is 9.66. The molecule has 0 aliphatic heterocycles. The standard InChI is InChI=1S/C16H12BrFN2/c17-15-8-11(18)4-5-14(15)16(19)13-3-1-2-10-9-20-7-6-12(10)13/h1-9,16H,19H2. The summed E-state index contributed by atoms with van der Waals surface area (Å²) >= 11 is 3.38. The molecule has 3 rings (SSSR count). The third-order valence-corrected chi connectivity index (χ3v) is 4.03. The smallest absolute Gasteiger partial charge is 0.124 e. The number of fused-ring (bicyclic) bond motifs is 1. The van der Waals surface area contributed by atoms with Crippen molar-refractivity contribution in [2.75, 3.05) is 0 Å². The second-order valence-electron chi connectivity index (χ2n) is 4.59. The van der Waals surface area contributed by atoms with Crippen LogP contribution >= 0.6 is 15.9 Å². The van der Waals surface area contributed by atoms with E-state index in [1.165, 1.54) is 12.1 Å². The summed E-state index contributed by atoms with van der Waals surface area (Å²) < 4.78 is 13.9. The van der Waals surface area contributed by atoms with Gasteiger partial charge in [0.2, 0.25) is 0 Å². The monoisotopic (exact) mass is 330 g/mol. The highest BCUT2D eigenvalue weighted by molar-refractivity contribution is 9.10. The molecule has 0 bridgehead atoms. The normalized spacial score (nSPS) is 12.6. The van der Waals surface area contributed by atoms with Crippen molar-refractivity contribution in [3.05, 3.63) is 76.3 Å². The van der Waals surface area contributed by atoms with Crippen LogP contribution in [-0.4, -0.2) is 4.98 Å². The van der Waals surface area contributed by atoms with Crippen LogP contribution in [0.3, 0.4) is 0 Å². The third-order valence-electron chi connectivity index (χ3n) is 3.35. The number of nitrogens with zero attached hydrogens (tertiary/aromatic N) is 1. The molecule has 2 nitrogen and oxygen atoms in total. The highest BCUT2D eigenvalue weighted by Crippen LogP contribution is 2.31. The number of rotatable bonds is 2. The van der Waals surface area contributed by atoms with Crippen LogP contribution in [-0.2, 0) is 0 Å². The first-order valence-corrected chi connectivity index (χ1v) is 6.99. The molecular formula is C16H12BrFN2. The lowest BCUT2D eigenvalue weighted by Crippen LogP contribution is -2.13. The van der Waals surface area contributed by atoms with Gasteiger partial charge in [0.15, 0.2) is 0 Å². The molecule has 0 aliphatic rings. The van der Waals surface area contributed by atoms with Crippen LogP contribution < -0.4 is 5.73 Å². The van der Waals surface area contributed by atoms with Gasteiger partial charge >= 0.3 is 0 Å². The van der Waals surface area contributed by atoms with E-state index in [-0.39, 0.29) is 11.9 Å². The molecule has 0 radical (unpaired) electrons. The predicted octanol–water partition coefficient (Wildman–Crippen LogP) is 4.18. The Hall–Kier alpha value is -1.78. The molecular weight excluding hydrogens is 319 g/mol. The maximum absolute atomic E-state index is 13.2. The molecule has 1 heterocycles. The van der Waals surface area contributed by atoms with E-state index < -0.39 is 0 Å². The third kappa shape index (κ3) is 2.32. The predicted molar refractivity (Wildman–Crippen MR) is 81.9 cm³/mol. The van der Waals surface area contributed by atoms with Crippen LogP contribution in [0, 0.1) is 5.82 Å². The highest BCUT2D eigenvalue weighted by Gasteiger charge is 2.15. The molecule has 0 aliphatic carbocycles. The molecule has 1 unspecified atom stereocenters. The van der Waals surface area contributed by atoms with Crippen LogP contribution in [0.25, 0.3) is 10.8 Å². The minimum atomic E-state index is -0.323. The van der Waals surface area contributed by atoms with Crippen LogP contribution in [0.15, 0.2) is 59.3 Å². The van der Waals surface area contributed by atoms with Crippen molar-refractivity contribution in [2.24, 2.45) is 5.73 Å². The first kappa shape index (κ1) is 13.2. The lowest BCUT2D eigenvalue weighted by molar-refractivity contribution is 0.625. The van der Waals surface area contributed by atoms with Crippen molar-refractivity contribution in [2.45, 2.75) is 6.04 Å². The van der Waals surface area contributed by atoms with Crippen molar-refractivity contribution in [1.29, 1.82) is 0 Å². The van der Waals surface area contributed by atoms with E-state index in [2.05, 4.69) is 20.9 Å². The lowest BCUT2D eigenvalue weighted by Gasteiger charge is -2.16. The Morgan fingerprint density at radius 3 is 2.75 bits per heavy atom. The van der Waals surface area contributed by atoms with Gasteiger partial charge in [0, 0.05) is 22.3 Å². The minimum absolute atomic E-state index is 0.282. The van der Waals surface area contributed by atoms with Gasteiger partial charge in [-0.05, 0) is 34.7 Å². The van der Waals surface area contributed by atoms with E-state index >= 15 is 0 Å². The topological polar surface area (TPSA) is 38.9 Å². The van der Waals surface area contributed by atoms with Crippen molar-refractivity contribution in [1.82, 2.24) is 4.98 Å². The van der Waals surface area contributed by atoms with Crippen molar-refractivity contribution < 1.29 is 4.39 Å². The van der Waals surface area contributed by atoms with Crippen LogP contribution in [0.4, 0.5) is 4.39 Å². The van der Waals surface area contributed by atoms with Crippen LogP contribution in [0.2, 0.25) is 0 Å². The lowest BCUT2D eigenvalue weighted by atomic mass is 9.95. The minimum Gasteiger partial charge on any atom is -0.320 e. The van der Waals surface area contributed by atoms with E-state index in [9.17, 15) is 4.39 Å². The van der Waals surface area contributed by atoms with Gasteiger partial charge < -0.3 is 5.73 Å². The summed E-state index contributed by atoms with van der Waals surface area (Å²) in [6, 6.07) is 12.1. The highest BCUT2D eigenvalue weighted by atomic mass is 79.9. The van der Waals surface area contributed by atoms with E-state index in [0.29, 0.717) is 4.47 Å². The fourth-order valence-electron chi connectivity index (χ4n) is 2.34. The summed E-state index contributed by atoms with van der Waals surface area (Å²) in [7, 11) is 0. The molecule has 0 saturated heterocycles. The number of aromatic nitrogens is 1. The Labute approximate surface area is 124 Å². The zero-order chi connectivity index (χ0) is 14.1. The van der Waals surface area contributed by atoms with Crippen LogP contribution in [0.1, 0.15) is 17.2 Å². The summed E-state index contributed by atoms with van der Waals surface area (Å²) in [5.41, 5.74) is 8.21. The molecule has 20 heavy (non-hydrogen) atoms. The average Bonchev–Trinajstić information content (AvgIpc) is 2.46. The fourth-order valence-corrected chi connectivity index (χ4v) is 2.94. The Kier molecular flexibility index (Phi) is 3.51. The Morgan fingerprint density at radius 1 is 1.10 bits per heavy atom. The molecule has 0 fully saturated rings. The van der Waals surface area contributed by atoms with E-state index in [1.807, 2.05) is 30.5 Å². The van der Waals surface area contributed by atoms with Crippen LogP contribution in [0.5, 0.6) is 0 Å². The SMILES string of the molecule is NC(c1ccc(F)cc1Br)c1cccc2cnccc12. The molecule has 0 saturated carbocycles. The quantitative estimate of drug-likeness (QED) is 0.765. The molecule has 100 valence electrons. The summed E-state index contributed by atoms with van der Waals surface area (Å²) in [4.78, 5) is 4.12. The Balaban J connectivity index is 2.15. The van der Waals surface area contributed by atoms with E-state index in [4.69, 9.17) is 5.73 Å². The average molecular weight is 331 g/mol. The zero-order valence-electron chi connectivity index (χ0n) is 10.6. The molecule has 0 amide bonds. The molecule has 1 aromatic heterocycles. The molecule has 1 atom stereocenters. The van der Waals surface area contributed by atoms with Gasteiger partial charge in [-0.25, -0.2) is 4.39 Å². The summed E-state index contributed by atoms with van der Waals surface area (Å²) in [5, 5.41) is 2.10. The van der Waals surface area contributed by atoms with Crippen molar-refractivity contribution in [3.8, 4) is 0 Å². The summed E-state index contributed by atoms with van der Waals surface area (Å²) in [6.07, 6.45) is 3.56. The van der Waals surface area contributed by atoms with Gasteiger partial charge in [0.1, 0.15) is 5.82 Å². The summed E-state index contributed by atoms with van der Waals surface area (Å²) in [5.74, 6) is -0.282. The second-order valence-corrected chi connectivity index (χ2v) is 5.44. The number of nitrogens with two attached hydrogens (primary N) is 1. The second kappa shape index (κ2) is 5.31. The molecule has 4 heteroatoms. The maximum atomic E-state index is 13.2. The Morgan fingerprint density at radius 2 is 1.95 bits per heavy atom. The molecule has 2 aromatic carbocycles. The number of hydrogen-bond acceptors (Lipinski definition) is 2. The maximum Gasteiger partial charge on any atom is 0.124 e. The number of hydrogen-bond donors (Lipinski definition) is 1. The van der Waals surface area contributed by atoms with Gasteiger partial charge in [0.05, 0.1) is 6.04 Å². The molecule has 3 aromatic rings. The molecule has 0 spiro atoms. The summed E-state index contributed by atoms with van der Waals surface area (Å²) in [6.45, 7) is 0. The number of benzene rings is 2. The van der Waals surface area contributed by atoms with Gasteiger partial charge in [-0.2, -0.15) is 0 Å².